The van der Waals surface area contributed by atoms with Crippen LogP contribution >= 0.6 is 11.8 Å². The second-order valence-corrected chi connectivity index (χ2v) is 5.60. The van der Waals surface area contributed by atoms with Gasteiger partial charge in [0, 0.05) is 0 Å². The monoisotopic (exact) mass is 330 g/mol. The van der Waals surface area contributed by atoms with Gasteiger partial charge in [-0.05, 0) is 17.7 Å². The molecule has 3 aromatic rings. The summed E-state index contributed by atoms with van der Waals surface area (Å²) in [6.07, 6.45) is 0.599. The van der Waals surface area contributed by atoms with Crippen LogP contribution in [0.15, 0.2) is 56.5 Å². The lowest BCUT2D eigenvalue weighted by molar-refractivity contribution is 0.0563. The number of methoxy groups -OCH3 is 1. The van der Waals surface area contributed by atoms with Crippen LogP contribution in [-0.2, 0) is 16.9 Å². The molecule has 1 aromatic carbocycles. The highest BCUT2D eigenvalue weighted by atomic mass is 32.2. The summed E-state index contributed by atoms with van der Waals surface area (Å²) in [5.74, 6) is 1.37. The molecular weight excluding hydrogens is 316 g/mol. The van der Waals surface area contributed by atoms with E-state index < -0.39 is 5.97 Å². The van der Waals surface area contributed by atoms with Crippen LogP contribution < -0.4 is 0 Å². The van der Waals surface area contributed by atoms with Gasteiger partial charge in [0.15, 0.2) is 0 Å². The SMILES string of the molecule is COC(=O)c1ccc(CSc2nnc(Cc3ccccc3)o2)o1. The van der Waals surface area contributed by atoms with Crippen LogP contribution in [0.2, 0.25) is 0 Å². The minimum absolute atomic E-state index is 0.179. The minimum Gasteiger partial charge on any atom is -0.463 e. The summed E-state index contributed by atoms with van der Waals surface area (Å²) in [6.45, 7) is 0. The molecular formula is C16H14N2O4S. The Hall–Kier alpha value is -2.54. The van der Waals surface area contributed by atoms with E-state index in [1.807, 2.05) is 30.3 Å². The van der Waals surface area contributed by atoms with Crippen LogP contribution in [0, 0.1) is 0 Å². The summed E-state index contributed by atoms with van der Waals surface area (Å²) in [7, 11) is 1.31. The first kappa shape index (κ1) is 15.4. The number of ether oxygens (including phenoxy) is 1. The first-order valence-corrected chi connectivity index (χ1v) is 7.89. The lowest BCUT2D eigenvalue weighted by atomic mass is 10.2. The normalized spacial score (nSPS) is 10.7. The summed E-state index contributed by atoms with van der Waals surface area (Å²) in [5.41, 5.74) is 1.11. The molecule has 0 saturated heterocycles. The van der Waals surface area contributed by atoms with Crippen molar-refractivity contribution in [1.82, 2.24) is 10.2 Å². The molecule has 23 heavy (non-hydrogen) atoms. The lowest BCUT2D eigenvalue weighted by Gasteiger charge is -1.95. The smallest absolute Gasteiger partial charge is 0.373 e. The minimum atomic E-state index is -0.496. The summed E-state index contributed by atoms with van der Waals surface area (Å²) in [4.78, 5) is 11.3. The first-order valence-electron chi connectivity index (χ1n) is 6.91. The Labute approximate surface area is 136 Å². The number of hydrogen-bond donors (Lipinski definition) is 0. The molecule has 6 nitrogen and oxygen atoms in total. The van der Waals surface area contributed by atoms with E-state index in [2.05, 4.69) is 14.9 Å². The Kier molecular flexibility index (Phi) is 4.77. The largest absolute Gasteiger partial charge is 0.463 e. The second-order valence-electron chi connectivity index (χ2n) is 4.67. The van der Waals surface area contributed by atoms with Gasteiger partial charge in [0.05, 0.1) is 19.3 Å². The Morgan fingerprint density at radius 1 is 1.13 bits per heavy atom. The average Bonchev–Trinajstić information content (AvgIpc) is 3.22. The number of furan rings is 1. The van der Waals surface area contributed by atoms with E-state index in [1.165, 1.54) is 18.9 Å². The van der Waals surface area contributed by atoms with Crippen LogP contribution in [0.5, 0.6) is 0 Å². The van der Waals surface area contributed by atoms with E-state index in [1.54, 1.807) is 12.1 Å². The molecule has 2 heterocycles. The van der Waals surface area contributed by atoms with Gasteiger partial charge in [-0.25, -0.2) is 4.79 Å². The Morgan fingerprint density at radius 3 is 2.74 bits per heavy atom. The summed E-state index contributed by atoms with van der Waals surface area (Å²) in [5, 5.41) is 8.49. The molecule has 0 fully saturated rings. The van der Waals surface area contributed by atoms with Crippen molar-refractivity contribution >= 4 is 17.7 Å². The van der Waals surface area contributed by atoms with Gasteiger partial charge in [-0.15, -0.1) is 10.2 Å². The summed E-state index contributed by atoms with van der Waals surface area (Å²) >= 11 is 1.35. The van der Waals surface area contributed by atoms with Crippen molar-refractivity contribution in [2.75, 3.05) is 7.11 Å². The molecule has 0 spiro atoms. The quantitative estimate of drug-likeness (QED) is 0.506. The fourth-order valence-corrected chi connectivity index (χ4v) is 2.61. The maximum absolute atomic E-state index is 11.3. The molecule has 0 atom stereocenters. The molecule has 0 aliphatic carbocycles. The number of hydrogen-bond acceptors (Lipinski definition) is 7. The van der Waals surface area contributed by atoms with Gasteiger partial charge >= 0.3 is 5.97 Å². The molecule has 0 bridgehead atoms. The predicted molar refractivity (Wildman–Crippen MR) is 83.2 cm³/mol. The van der Waals surface area contributed by atoms with Gasteiger partial charge in [0.1, 0.15) is 5.76 Å². The van der Waals surface area contributed by atoms with Gasteiger partial charge in [0.25, 0.3) is 5.22 Å². The molecule has 0 N–H and O–H groups in total. The highest BCUT2D eigenvalue weighted by molar-refractivity contribution is 7.98. The van der Waals surface area contributed by atoms with Crippen LogP contribution in [0.1, 0.15) is 27.8 Å². The predicted octanol–water partition coefficient (Wildman–Crippen LogP) is 3.33. The highest BCUT2D eigenvalue weighted by Crippen LogP contribution is 2.23. The van der Waals surface area contributed by atoms with Crippen LogP contribution in [0.25, 0.3) is 0 Å². The summed E-state index contributed by atoms with van der Waals surface area (Å²) < 4.78 is 15.6. The number of rotatable bonds is 6. The summed E-state index contributed by atoms with van der Waals surface area (Å²) in [6, 6.07) is 13.2. The third-order valence-corrected chi connectivity index (χ3v) is 3.87. The number of carbonyl (C=O) groups is 1. The van der Waals surface area contributed by atoms with E-state index >= 15 is 0 Å². The third kappa shape index (κ3) is 4.01. The Bertz CT molecular complexity index is 782. The molecule has 0 aliphatic heterocycles. The number of aromatic nitrogens is 2. The standard InChI is InChI=1S/C16H14N2O4S/c1-20-15(19)13-8-7-12(21-13)10-23-16-18-17-14(22-16)9-11-5-3-2-4-6-11/h2-8H,9-10H2,1H3. The van der Waals surface area contributed by atoms with E-state index in [-0.39, 0.29) is 5.76 Å². The Balaban J connectivity index is 1.57. The van der Waals surface area contributed by atoms with Gasteiger partial charge in [0.2, 0.25) is 11.7 Å². The molecule has 118 valence electrons. The second kappa shape index (κ2) is 7.15. The zero-order valence-corrected chi connectivity index (χ0v) is 13.2. The van der Waals surface area contributed by atoms with Crippen LogP contribution in [0.3, 0.4) is 0 Å². The molecule has 7 heteroatoms. The van der Waals surface area contributed by atoms with E-state index in [0.717, 1.165) is 5.56 Å². The zero-order valence-electron chi connectivity index (χ0n) is 12.4. The van der Waals surface area contributed by atoms with Gasteiger partial charge in [-0.2, -0.15) is 0 Å². The number of nitrogens with zero attached hydrogens (tertiary/aromatic N) is 2. The van der Waals surface area contributed by atoms with Crippen molar-refractivity contribution in [2.45, 2.75) is 17.4 Å². The number of esters is 1. The number of benzene rings is 1. The molecule has 0 amide bonds. The molecule has 0 aliphatic rings. The first-order chi connectivity index (χ1) is 11.2. The van der Waals surface area contributed by atoms with E-state index in [9.17, 15) is 4.79 Å². The maximum Gasteiger partial charge on any atom is 0.373 e. The molecule has 0 unspecified atom stereocenters. The zero-order chi connectivity index (χ0) is 16.1. The molecule has 2 aromatic heterocycles. The van der Waals surface area contributed by atoms with Crippen molar-refractivity contribution in [2.24, 2.45) is 0 Å². The molecule has 3 rings (SSSR count). The molecule has 0 radical (unpaired) electrons. The van der Waals surface area contributed by atoms with Crippen molar-refractivity contribution < 1.29 is 18.4 Å². The maximum atomic E-state index is 11.3. The van der Waals surface area contributed by atoms with E-state index in [0.29, 0.717) is 29.0 Å². The van der Waals surface area contributed by atoms with E-state index in [4.69, 9.17) is 8.83 Å². The van der Waals surface area contributed by atoms with Gasteiger partial charge in [-0.1, -0.05) is 42.1 Å². The topological polar surface area (TPSA) is 78.4 Å². The third-order valence-electron chi connectivity index (χ3n) is 3.03. The van der Waals surface area contributed by atoms with Crippen molar-refractivity contribution in [3.05, 3.63) is 65.4 Å². The van der Waals surface area contributed by atoms with Crippen LogP contribution in [-0.4, -0.2) is 23.3 Å². The lowest BCUT2D eigenvalue weighted by Crippen LogP contribution is -1.98. The fourth-order valence-electron chi connectivity index (χ4n) is 1.94. The Morgan fingerprint density at radius 2 is 1.96 bits per heavy atom. The van der Waals surface area contributed by atoms with Crippen LogP contribution in [0.4, 0.5) is 0 Å². The number of thioether (sulfide) groups is 1. The van der Waals surface area contributed by atoms with Gasteiger partial charge in [-0.3, -0.25) is 0 Å². The fraction of sp³-hybridized carbons (Fsp3) is 0.188. The van der Waals surface area contributed by atoms with Crippen molar-refractivity contribution in [3.63, 3.8) is 0 Å². The van der Waals surface area contributed by atoms with Crippen molar-refractivity contribution in [1.29, 1.82) is 0 Å². The number of carbonyl (C=O) groups excluding carboxylic acids is 1. The van der Waals surface area contributed by atoms with Gasteiger partial charge < -0.3 is 13.6 Å². The molecule has 0 saturated carbocycles. The highest BCUT2D eigenvalue weighted by Gasteiger charge is 2.13. The average molecular weight is 330 g/mol. The van der Waals surface area contributed by atoms with Crippen molar-refractivity contribution in [3.8, 4) is 0 Å².